The maximum absolute atomic E-state index is 13.4. The molecule has 0 atom stereocenters. The van der Waals surface area contributed by atoms with Gasteiger partial charge in [0.25, 0.3) is 5.91 Å². The van der Waals surface area contributed by atoms with Crippen LogP contribution in [0.3, 0.4) is 0 Å². The Labute approximate surface area is 109 Å². The van der Waals surface area contributed by atoms with Gasteiger partial charge in [0.05, 0.1) is 0 Å². The molecule has 6 heteroatoms. The number of fused-ring (bicyclic) bond motifs is 1. The molecule has 0 bridgehead atoms. The molecule has 5 nitrogen and oxygen atoms in total. The van der Waals surface area contributed by atoms with E-state index in [2.05, 4.69) is 15.5 Å². The number of carbonyl (C=O) groups excluding carboxylic acids is 1. The van der Waals surface area contributed by atoms with Gasteiger partial charge in [0.15, 0.2) is 5.82 Å². The summed E-state index contributed by atoms with van der Waals surface area (Å²) in [5.74, 6) is -0.835. The number of hydrogen-bond donors (Lipinski definition) is 3. The van der Waals surface area contributed by atoms with Gasteiger partial charge in [0.2, 0.25) is 0 Å². The number of rotatable bonds is 4. The summed E-state index contributed by atoms with van der Waals surface area (Å²) in [6.07, 6.45) is 0. The molecule has 1 aromatic heterocycles. The highest BCUT2D eigenvalue weighted by Crippen LogP contribution is 2.19. The summed E-state index contributed by atoms with van der Waals surface area (Å²) in [5.41, 5.74) is -0.0335. The lowest BCUT2D eigenvalue weighted by atomic mass is 9.95. The van der Waals surface area contributed by atoms with Gasteiger partial charge >= 0.3 is 0 Å². The van der Waals surface area contributed by atoms with Crippen LogP contribution < -0.4 is 5.32 Å². The summed E-state index contributed by atoms with van der Waals surface area (Å²) in [6, 6.07) is 4.45. The van der Waals surface area contributed by atoms with Gasteiger partial charge in [-0.2, -0.15) is 5.10 Å². The molecule has 1 aromatic carbocycles. The van der Waals surface area contributed by atoms with Crippen molar-refractivity contribution in [2.24, 2.45) is 5.41 Å². The Kier molecular flexibility index (Phi) is 3.53. The number of aromatic nitrogens is 2. The fourth-order valence-electron chi connectivity index (χ4n) is 1.64. The van der Waals surface area contributed by atoms with Crippen LogP contribution in [-0.2, 0) is 0 Å². The fourth-order valence-corrected chi connectivity index (χ4v) is 1.64. The van der Waals surface area contributed by atoms with Crippen LogP contribution in [0.25, 0.3) is 10.9 Å². The Morgan fingerprint density at radius 1 is 1.53 bits per heavy atom. The van der Waals surface area contributed by atoms with Gasteiger partial charge in [-0.15, -0.1) is 0 Å². The normalized spacial score (nSPS) is 11.8. The molecule has 0 spiro atoms. The predicted molar refractivity (Wildman–Crippen MR) is 69.3 cm³/mol. The molecule has 1 heterocycles. The molecule has 2 rings (SSSR count). The quantitative estimate of drug-likeness (QED) is 0.783. The minimum absolute atomic E-state index is 0.0361. The molecule has 0 fully saturated rings. The molecule has 0 saturated carbocycles. The summed E-state index contributed by atoms with van der Waals surface area (Å²) in [4.78, 5) is 12.0. The van der Waals surface area contributed by atoms with E-state index in [0.717, 1.165) is 0 Å². The Morgan fingerprint density at radius 2 is 2.26 bits per heavy atom. The first-order valence-corrected chi connectivity index (χ1v) is 5.96. The van der Waals surface area contributed by atoms with Gasteiger partial charge in [0, 0.05) is 24.0 Å². The van der Waals surface area contributed by atoms with Crippen molar-refractivity contribution < 1.29 is 14.3 Å². The van der Waals surface area contributed by atoms with Crippen molar-refractivity contribution in [2.45, 2.75) is 13.8 Å². The highest BCUT2D eigenvalue weighted by atomic mass is 19.1. The van der Waals surface area contributed by atoms with Crippen LogP contribution in [-0.4, -0.2) is 34.4 Å². The van der Waals surface area contributed by atoms with E-state index >= 15 is 0 Å². The third-order valence-electron chi connectivity index (χ3n) is 2.92. The van der Waals surface area contributed by atoms with E-state index in [-0.39, 0.29) is 23.7 Å². The number of hydrogen-bond acceptors (Lipinski definition) is 3. The van der Waals surface area contributed by atoms with Gasteiger partial charge in [0.1, 0.15) is 11.2 Å². The smallest absolute Gasteiger partial charge is 0.269 e. The Morgan fingerprint density at radius 3 is 2.95 bits per heavy atom. The van der Waals surface area contributed by atoms with Crippen molar-refractivity contribution in [2.75, 3.05) is 13.2 Å². The van der Waals surface area contributed by atoms with Crippen LogP contribution in [0.1, 0.15) is 24.3 Å². The van der Waals surface area contributed by atoms with E-state index in [1.807, 2.05) is 13.8 Å². The zero-order valence-electron chi connectivity index (χ0n) is 10.8. The van der Waals surface area contributed by atoms with Gasteiger partial charge in [-0.3, -0.25) is 9.89 Å². The lowest BCUT2D eigenvalue weighted by molar-refractivity contribution is 0.0907. The van der Waals surface area contributed by atoms with E-state index < -0.39 is 11.2 Å². The van der Waals surface area contributed by atoms with E-state index in [4.69, 9.17) is 5.11 Å². The number of aliphatic hydroxyl groups is 1. The van der Waals surface area contributed by atoms with Crippen molar-refractivity contribution in [3.05, 3.63) is 29.7 Å². The Balaban J connectivity index is 2.21. The van der Waals surface area contributed by atoms with Crippen LogP contribution in [0.15, 0.2) is 18.2 Å². The van der Waals surface area contributed by atoms with Crippen LogP contribution in [0.2, 0.25) is 0 Å². The molecule has 19 heavy (non-hydrogen) atoms. The number of H-pyrrole nitrogens is 1. The van der Waals surface area contributed by atoms with Gasteiger partial charge in [-0.05, 0) is 6.07 Å². The zero-order valence-corrected chi connectivity index (χ0v) is 10.8. The molecular formula is C13H16FN3O2. The first kappa shape index (κ1) is 13.5. The molecule has 2 aromatic rings. The Bertz CT molecular complexity index is 607. The van der Waals surface area contributed by atoms with Crippen molar-refractivity contribution >= 4 is 16.8 Å². The standard InChI is InChI=1S/C13H16FN3O2/c1-13(2,7-18)6-15-12(19)11-8-4-3-5-9(14)10(8)16-17-11/h3-5,18H,6-7H2,1-2H3,(H,15,19)(H,16,17). The molecule has 0 aliphatic rings. The van der Waals surface area contributed by atoms with Crippen molar-refractivity contribution in [1.82, 2.24) is 15.5 Å². The third-order valence-corrected chi connectivity index (χ3v) is 2.92. The minimum Gasteiger partial charge on any atom is -0.396 e. The molecular weight excluding hydrogens is 249 g/mol. The van der Waals surface area contributed by atoms with E-state index in [1.165, 1.54) is 12.1 Å². The minimum atomic E-state index is -0.469. The summed E-state index contributed by atoms with van der Waals surface area (Å²) >= 11 is 0. The number of nitrogens with zero attached hydrogens (tertiary/aromatic N) is 1. The number of aliphatic hydroxyl groups excluding tert-OH is 1. The van der Waals surface area contributed by atoms with E-state index in [1.54, 1.807) is 6.07 Å². The molecule has 1 amide bonds. The Hall–Kier alpha value is -1.95. The average molecular weight is 265 g/mol. The predicted octanol–water partition coefficient (Wildman–Crippen LogP) is 1.45. The highest BCUT2D eigenvalue weighted by Gasteiger charge is 2.20. The maximum atomic E-state index is 13.4. The van der Waals surface area contributed by atoms with Crippen LogP contribution >= 0.6 is 0 Å². The molecule has 0 unspecified atom stereocenters. The second kappa shape index (κ2) is 4.97. The summed E-state index contributed by atoms with van der Waals surface area (Å²) in [5, 5.41) is 18.6. The topological polar surface area (TPSA) is 78.0 Å². The van der Waals surface area contributed by atoms with Crippen molar-refractivity contribution in [3.63, 3.8) is 0 Å². The average Bonchev–Trinajstić information content (AvgIpc) is 2.81. The molecule has 3 N–H and O–H groups in total. The number of para-hydroxylation sites is 1. The summed E-state index contributed by atoms with van der Waals surface area (Å²) in [7, 11) is 0. The molecule has 0 aliphatic carbocycles. The van der Waals surface area contributed by atoms with E-state index in [0.29, 0.717) is 11.9 Å². The summed E-state index contributed by atoms with van der Waals surface area (Å²) in [6.45, 7) is 3.94. The maximum Gasteiger partial charge on any atom is 0.269 e. The van der Waals surface area contributed by atoms with Gasteiger partial charge in [-0.1, -0.05) is 26.0 Å². The number of halogens is 1. The van der Waals surface area contributed by atoms with Crippen LogP contribution in [0.5, 0.6) is 0 Å². The van der Waals surface area contributed by atoms with Crippen LogP contribution in [0, 0.1) is 11.2 Å². The van der Waals surface area contributed by atoms with Crippen molar-refractivity contribution in [1.29, 1.82) is 0 Å². The van der Waals surface area contributed by atoms with Crippen LogP contribution in [0.4, 0.5) is 4.39 Å². The number of amides is 1. The first-order valence-electron chi connectivity index (χ1n) is 5.96. The number of nitrogens with one attached hydrogen (secondary N) is 2. The second-order valence-corrected chi connectivity index (χ2v) is 5.24. The second-order valence-electron chi connectivity index (χ2n) is 5.24. The lowest BCUT2D eigenvalue weighted by Gasteiger charge is -2.21. The highest BCUT2D eigenvalue weighted by molar-refractivity contribution is 6.04. The zero-order chi connectivity index (χ0) is 14.0. The first-order chi connectivity index (χ1) is 8.94. The largest absolute Gasteiger partial charge is 0.396 e. The number of benzene rings is 1. The fraction of sp³-hybridized carbons (Fsp3) is 0.385. The summed E-state index contributed by atoms with van der Waals surface area (Å²) < 4.78 is 13.4. The molecule has 102 valence electrons. The lowest BCUT2D eigenvalue weighted by Crippen LogP contribution is -2.36. The SMILES string of the molecule is CC(C)(CO)CNC(=O)c1[nH]nc2c(F)cccc12. The van der Waals surface area contributed by atoms with E-state index in [9.17, 15) is 9.18 Å². The monoisotopic (exact) mass is 265 g/mol. The van der Waals surface area contributed by atoms with Crippen molar-refractivity contribution in [3.8, 4) is 0 Å². The molecule has 0 saturated heterocycles. The van der Waals surface area contributed by atoms with Gasteiger partial charge < -0.3 is 10.4 Å². The number of carbonyl (C=O) groups is 1. The molecule has 0 aliphatic heterocycles. The molecule has 0 radical (unpaired) electrons. The number of aromatic amines is 1. The van der Waals surface area contributed by atoms with Gasteiger partial charge in [-0.25, -0.2) is 4.39 Å². The third kappa shape index (κ3) is 2.73.